The summed E-state index contributed by atoms with van der Waals surface area (Å²) in [5.41, 5.74) is 0.912. The van der Waals surface area contributed by atoms with Gasteiger partial charge >= 0.3 is 7.12 Å². The van der Waals surface area contributed by atoms with E-state index in [1.54, 1.807) is 13.2 Å². The molecule has 0 spiro atoms. The normalized spacial score (nSPS) is 20.4. The van der Waals surface area contributed by atoms with Crippen molar-refractivity contribution in [1.82, 2.24) is 4.98 Å². The van der Waals surface area contributed by atoms with E-state index in [9.17, 15) is 0 Å². The van der Waals surface area contributed by atoms with Gasteiger partial charge in [0.15, 0.2) is 0 Å². The molecule has 0 atom stereocenters. The first-order valence-corrected chi connectivity index (χ1v) is 6.33. The lowest BCUT2D eigenvalue weighted by Gasteiger charge is -2.32. The van der Waals surface area contributed by atoms with Crippen molar-refractivity contribution < 1.29 is 14.0 Å². The lowest BCUT2D eigenvalue weighted by Crippen LogP contribution is -2.41. The molecule has 0 radical (unpaired) electrons. The Hall–Kier alpha value is -1.33. The highest BCUT2D eigenvalue weighted by Gasteiger charge is 2.51. The Bertz CT molecular complexity index is 483. The van der Waals surface area contributed by atoms with E-state index in [4.69, 9.17) is 14.0 Å². The Kier molecular flexibility index (Phi) is 3.45. The van der Waals surface area contributed by atoms with Gasteiger partial charge in [0, 0.05) is 6.07 Å². The van der Waals surface area contributed by atoms with Gasteiger partial charge in [-0.15, -0.1) is 0 Å². The number of pyridine rings is 1. The largest absolute Gasteiger partial charge is 0.495 e. The maximum atomic E-state index is 6.01. The Morgan fingerprint density at radius 2 is 1.79 bits per heavy atom. The number of nitrogens with zero attached hydrogens (tertiary/aromatic N) is 1. The first kappa shape index (κ1) is 14.1. The van der Waals surface area contributed by atoms with Crippen LogP contribution in [0.3, 0.4) is 0 Å². The summed E-state index contributed by atoms with van der Waals surface area (Å²) in [5, 5.41) is 0. The second-order valence-corrected chi connectivity index (χ2v) is 5.66. The predicted octanol–water partition coefficient (Wildman–Crippen LogP) is 2.03. The van der Waals surface area contributed by atoms with Crippen molar-refractivity contribution in [2.24, 2.45) is 0 Å². The van der Waals surface area contributed by atoms with Gasteiger partial charge in [0.2, 0.25) is 5.88 Å². The Balaban J connectivity index is 2.36. The first-order chi connectivity index (χ1) is 8.79. The zero-order valence-electron chi connectivity index (χ0n) is 12.2. The van der Waals surface area contributed by atoms with Crippen LogP contribution >= 0.6 is 0 Å². The third kappa shape index (κ3) is 2.53. The second-order valence-electron chi connectivity index (χ2n) is 5.66. The van der Waals surface area contributed by atoms with Crippen LogP contribution in [-0.2, 0) is 9.31 Å². The van der Waals surface area contributed by atoms with Crippen LogP contribution in [0.5, 0.6) is 5.88 Å². The van der Waals surface area contributed by atoms with Crippen LogP contribution in [-0.4, -0.2) is 30.4 Å². The fourth-order valence-electron chi connectivity index (χ4n) is 1.87. The summed E-state index contributed by atoms with van der Waals surface area (Å²) in [6, 6.07) is 3.73. The molecule has 0 unspecified atom stereocenters. The molecular formula is C14H20BNO3. The highest BCUT2D eigenvalue weighted by Crippen LogP contribution is 2.36. The van der Waals surface area contributed by atoms with Crippen LogP contribution in [0, 0.1) is 0 Å². The molecule has 0 aromatic carbocycles. The molecule has 0 N–H and O–H groups in total. The van der Waals surface area contributed by atoms with E-state index in [-0.39, 0.29) is 11.2 Å². The monoisotopic (exact) mass is 261 g/mol. The van der Waals surface area contributed by atoms with E-state index in [2.05, 4.69) is 11.6 Å². The number of aromatic nitrogens is 1. The SMILES string of the molecule is C=Cc1cc(B2OC(C)(C)C(C)(C)O2)cc(OC)n1. The fraction of sp³-hybridized carbons (Fsp3) is 0.500. The predicted molar refractivity (Wildman–Crippen MR) is 76.6 cm³/mol. The summed E-state index contributed by atoms with van der Waals surface area (Å²) in [7, 11) is 1.17. The molecule has 5 heteroatoms. The van der Waals surface area contributed by atoms with Gasteiger partial charge in [0.25, 0.3) is 0 Å². The zero-order chi connectivity index (χ0) is 14.3. The van der Waals surface area contributed by atoms with Gasteiger partial charge in [-0.2, -0.15) is 0 Å². The van der Waals surface area contributed by atoms with E-state index in [1.807, 2.05) is 39.8 Å². The molecule has 0 aliphatic carbocycles. The van der Waals surface area contributed by atoms with Crippen LogP contribution in [0.25, 0.3) is 6.08 Å². The Labute approximate surface area is 114 Å². The third-order valence-electron chi connectivity index (χ3n) is 3.79. The minimum Gasteiger partial charge on any atom is -0.481 e. The van der Waals surface area contributed by atoms with E-state index < -0.39 is 7.12 Å². The van der Waals surface area contributed by atoms with Gasteiger partial charge in [0.05, 0.1) is 24.0 Å². The molecule has 19 heavy (non-hydrogen) atoms. The molecule has 0 saturated carbocycles. The summed E-state index contributed by atoms with van der Waals surface area (Å²) < 4.78 is 17.2. The van der Waals surface area contributed by atoms with Crippen molar-refractivity contribution in [1.29, 1.82) is 0 Å². The topological polar surface area (TPSA) is 40.6 Å². The van der Waals surface area contributed by atoms with Crippen LogP contribution in [0.15, 0.2) is 18.7 Å². The van der Waals surface area contributed by atoms with Crippen molar-refractivity contribution in [2.75, 3.05) is 7.11 Å². The summed E-state index contributed by atoms with van der Waals surface area (Å²) in [5.74, 6) is 0.530. The van der Waals surface area contributed by atoms with Gasteiger partial charge in [-0.1, -0.05) is 6.58 Å². The molecule has 0 bridgehead atoms. The van der Waals surface area contributed by atoms with Crippen LogP contribution in [0.4, 0.5) is 0 Å². The van der Waals surface area contributed by atoms with Crippen LogP contribution < -0.4 is 10.2 Å². The molecule has 2 rings (SSSR count). The molecular weight excluding hydrogens is 241 g/mol. The average molecular weight is 261 g/mol. The minimum absolute atomic E-state index is 0.359. The molecule has 4 nitrogen and oxygen atoms in total. The van der Waals surface area contributed by atoms with Crippen molar-refractivity contribution in [3.8, 4) is 5.88 Å². The zero-order valence-corrected chi connectivity index (χ0v) is 12.2. The van der Waals surface area contributed by atoms with E-state index in [1.165, 1.54) is 0 Å². The van der Waals surface area contributed by atoms with Gasteiger partial charge in [-0.05, 0) is 45.3 Å². The summed E-state index contributed by atoms with van der Waals surface area (Å²) in [4.78, 5) is 4.26. The average Bonchev–Trinajstić information content (AvgIpc) is 2.58. The number of rotatable bonds is 3. The Morgan fingerprint density at radius 1 is 1.21 bits per heavy atom. The number of ether oxygens (including phenoxy) is 1. The highest BCUT2D eigenvalue weighted by molar-refractivity contribution is 6.62. The standard InChI is InChI=1S/C14H20BNO3/c1-7-11-8-10(9-12(16-11)17-6)15-18-13(2,3)14(4,5)19-15/h7-9H,1H2,2-6H3. The molecule has 1 aliphatic heterocycles. The summed E-state index contributed by atoms with van der Waals surface area (Å²) in [6.07, 6.45) is 1.68. The molecule has 1 aliphatic rings. The maximum absolute atomic E-state index is 6.01. The fourth-order valence-corrected chi connectivity index (χ4v) is 1.87. The van der Waals surface area contributed by atoms with Crippen molar-refractivity contribution in [3.63, 3.8) is 0 Å². The molecule has 2 heterocycles. The summed E-state index contributed by atoms with van der Waals surface area (Å²) in [6.45, 7) is 11.8. The molecule has 1 aromatic heterocycles. The molecule has 1 fully saturated rings. The van der Waals surface area contributed by atoms with E-state index in [0.29, 0.717) is 5.88 Å². The Morgan fingerprint density at radius 3 is 2.26 bits per heavy atom. The molecule has 1 saturated heterocycles. The lowest BCUT2D eigenvalue weighted by atomic mass is 9.79. The van der Waals surface area contributed by atoms with Crippen molar-refractivity contribution in [3.05, 3.63) is 24.4 Å². The van der Waals surface area contributed by atoms with Crippen molar-refractivity contribution >= 4 is 18.7 Å². The molecule has 102 valence electrons. The van der Waals surface area contributed by atoms with Crippen LogP contribution in [0.1, 0.15) is 33.4 Å². The summed E-state index contributed by atoms with van der Waals surface area (Å²) >= 11 is 0. The van der Waals surface area contributed by atoms with E-state index in [0.717, 1.165) is 11.2 Å². The lowest BCUT2D eigenvalue weighted by molar-refractivity contribution is 0.00578. The number of hydrogen-bond donors (Lipinski definition) is 0. The number of methoxy groups -OCH3 is 1. The van der Waals surface area contributed by atoms with Crippen molar-refractivity contribution in [2.45, 2.75) is 38.9 Å². The quantitative estimate of drug-likeness (QED) is 0.780. The second kappa shape index (κ2) is 4.65. The van der Waals surface area contributed by atoms with E-state index >= 15 is 0 Å². The highest BCUT2D eigenvalue weighted by atomic mass is 16.7. The minimum atomic E-state index is -0.416. The molecule has 1 aromatic rings. The number of hydrogen-bond acceptors (Lipinski definition) is 4. The smallest absolute Gasteiger partial charge is 0.481 e. The van der Waals surface area contributed by atoms with Gasteiger partial charge in [0.1, 0.15) is 0 Å². The first-order valence-electron chi connectivity index (χ1n) is 6.33. The maximum Gasteiger partial charge on any atom is 0.495 e. The molecule has 0 amide bonds. The van der Waals surface area contributed by atoms with Gasteiger partial charge < -0.3 is 14.0 Å². The van der Waals surface area contributed by atoms with Gasteiger partial charge in [-0.25, -0.2) is 4.98 Å². The van der Waals surface area contributed by atoms with Gasteiger partial charge in [-0.3, -0.25) is 0 Å². The third-order valence-corrected chi connectivity index (χ3v) is 3.79. The van der Waals surface area contributed by atoms with Crippen LogP contribution in [0.2, 0.25) is 0 Å².